The Balaban J connectivity index is 1.87. The van der Waals surface area contributed by atoms with Crippen LogP contribution in [0.2, 0.25) is 5.15 Å². The van der Waals surface area contributed by atoms with Crippen molar-refractivity contribution in [3.63, 3.8) is 0 Å². The summed E-state index contributed by atoms with van der Waals surface area (Å²) < 4.78 is 0. The molecule has 0 unspecified atom stereocenters. The van der Waals surface area contributed by atoms with Crippen LogP contribution in [0, 0.1) is 0 Å². The SMILES string of the molecule is CC1(C)Cc2c(C(N)=O)nn(NC(=O)c3cccnc3Cl)c2-c2ccccc21. The van der Waals surface area contributed by atoms with E-state index in [4.69, 9.17) is 17.3 Å². The van der Waals surface area contributed by atoms with Crippen molar-refractivity contribution in [2.45, 2.75) is 25.7 Å². The van der Waals surface area contributed by atoms with Crippen LogP contribution in [0.3, 0.4) is 0 Å². The van der Waals surface area contributed by atoms with Gasteiger partial charge in [0.2, 0.25) is 0 Å². The van der Waals surface area contributed by atoms with Gasteiger partial charge in [-0.3, -0.25) is 9.59 Å². The van der Waals surface area contributed by atoms with E-state index in [0.29, 0.717) is 17.7 Å². The molecule has 0 atom stereocenters. The van der Waals surface area contributed by atoms with Gasteiger partial charge >= 0.3 is 0 Å². The van der Waals surface area contributed by atoms with Crippen LogP contribution in [0.25, 0.3) is 11.3 Å². The highest BCUT2D eigenvalue weighted by Gasteiger charge is 2.37. The van der Waals surface area contributed by atoms with E-state index < -0.39 is 11.8 Å². The zero-order valence-corrected chi connectivity index (χ0v) is 16.1. The van der Waals surface area contributed by atoms with Crippen molar-refractivity contribution in [3.05, 3.63) is 70.1 Å². The summed E-state index contributed by atoms with van der Waals surface area (Å²) in [4.78, 5) is 30.0. The van der Waals surface area contributed by atoms with Gasteiger partial charge in [0.05, 0.1) is 11.3 Å². The monoisotopic (exact) mass is 395 g/mol. The number of nitrogens with one attached hydrogen (secondary N) is 1. The highest BCUT2D eigenvalue weighted by molar-refractivity contribution is 6.33. The highest BCUT2D eigenvalue weighted by Crippen LogP contribution is 2.43. The van der Waals surface area contributed by atoms with Gasteiger partial charge in [-0.2, -0.15) is 4.79 Å². The van der Waals surface area contributed by atoms with Crippen molar-refractivity contribution in [3.8, 4) is 11.3 Å². The average molecular weight is 396 g/mol. The first-order chi connectivity index (χ1) is 13.3. The number of carbonyl (C=O) groups excluding carboxylic acids is 2. The number of fused-ring (bicyclic) bond motifs is 3. The molecular formula is C20H18ClN5O2. The molecule has 1 aromatic carbocycles. The van der Waals surface area contributed by atoms with Crippen LogP contribution in [0.4, 0.5) is 0 Å². The minimum absolute atomic E-state index is 0.0812. The second kappa shape index (κ2) is 6.45. The third-order valence-electron chi connectivity index (χ3n) is 4.96. The van der Waals surface area contributed by atoms with Gasteiger partial charge in [0.15, 0.2) is 5.69 Å². The zero-order chi connectivity index (χ0) is 20.1. The topological polar surface area (TPSA) is 103 Å². The molecule has 1 aliphatic rings. The fourth-order valence-corrected chi connectivity index (χ4v) is 3.91. The zero-order valence-electron chi connectivity index (χ0n) is 15.4. The molecule has 0 fully saturated rings. The number of hydrogen-bond acceptors (Lipinski definition) is 4. The van der Waals surface area contributed by atoms with Crippen LogP contribution in [0.5, 0.6) is 0 Å². The predicted octanol–water partition coefficient (Wildman–Crippen LogP) is 2.92. The normalized spacial score (nSPS) is 14.1. The third-order valence-corrected chi connectivity index (χ3v) is 5.26. The Hall–Kier alpha value is -3.19. The number of rotatable bonds is 3. The number of amides is 2. The van der Waals surface area contributed by atoms with Gasteiger partial charge in [-0.25, -0.2) is 10.4 Å². The molecule has 0 saturated carbocycles. The Morgan fingerprint density at radius 3 is 2.68 bits per heavy atom. The van der Waals surface area contributed by atoms with Crippen molar-refractivity contribution >= 4 is 23.4 Å². The maximum atomic E-state index is 12.7. The second-order valence-electron chi connectivity index (χ2n) is 7.34. The van der Waals surface area contributed by atoms with Crippen molar-refractivity contribution in [2.24, 2.45) is 5.73 Å². The van der Waals surface area contributed by atoms with Crippen LogP contribution in [-0.4, -0.2) is 26.7 Å². The van der Waals surface area contributed by atoms with E-state index in [1.54, 1.807) is 12.1 Å². The Morgan fingerprint density at radius 2 is 1.96 bits per heavy atom. The summed E-state index contributed by atoms with van der Waals surface area (Å²) in [5.74, 6) is -1.12. The van der Waals surface area contributed by atoms with Crippen LogP contribution < -0.4 is 11.2 Å². The maximum Gasteiger partial charge on any atom is 0.274 e. The van der Waals surface area contributed by atoms with E-state index in [1.165, 1.54) is 11.0 Å². The molecule has 2 aromatic heterocycles. The van der Waals surface area contributed by atoms with Crippen LogP contribution in [0.1, 0.15) is 45.8 Å². The molecule has 0 saturated heterocycles. The van der Waals surface area contributed by atoms with E-state index >= 15 is 0 Å². The van der Waals surface area contributed by atoms with Gasteiger partial charge in [-0.1, -0.05) is 49.7 Å². The molecule has 3 aromatic rings. The van der Waals surface area contributed by atoms with Crippen molar-refractivity contribution in [2.75, 3.05) is 5.43 Å². The van der Waals surface area contributed by atoms with Crippen molar-refractivity contribution in [1.29, 1.82) is 0 Å². The quantitative estimate of drug-likeness (QED) is 0.665. The number of nitrogens with two attached hydrogens (primary N) is 1. The summed E-state index contributed by atoms with van der Waals surface area (Å²) in [5.41, 5.74) is 11.8. The molecule has 7 nitrogen and oxygen atoms in total. The average Bonchev–Trinajstić information content (AvgIpc) is 2.99. The lowest BCUT2D eigenvalue weighted by molar-refractivity contribution is 0.0983. The summed E-state index contributed by atoms with van der Waals surface area (Å²) in [6.07, 6.45) is 2.07. The molecule has 0 spiro atoms. The molecule has 3 N–H and O–H groups in total. The van der Waals surface area contributed by atoms with E-state index in [1.807, 2.05) is 24.3 Å². The summed E-state index contributed by atoms with van der Waals surface area (Å²) in [6.45, 7) is 4.20. The van der Waals surface area contributed by atoms with Crippen LogP contribution >= 0.6 is 11.6 Å². The maximum absolute atomic E-state index is 12.7. The number of benzene rings is 1. The number of aromatic nitrogens is 3. The molecule has 28 heavy (non-hydrogen) atoms. The standard InChI is InChI=1S/C20H18ClN5O2/c1-20(2)10-13-15(18(22)27)24-26(16(13)11-6-3-4-8-14(11)20)25-19(28)12-7-5-9-23-17(12)21/h3-9H,10H2,1-2H3,(H2,22,27)(H,25,28). The summed E-state index contributed by atoms with van der Waals surface area (Å²) in [7, 11) is 0. The number of halogens is 1. The predicted molar refractivity (Wildman–Crippen MR) is 106 cm³/mol. The lowest BCUT2D eigenvalue weighted by Gasteiger charge is -2.32. The van der Waals surface area contributed by atoms with Gasteiger partial charge in [0, 0.05) is 17.3 Å². The summed E-state index contributed by atoms with van der Waals surface area (Å²) in [6, 6.07) is 11.0. The number of hydrogen-bond donors (Lipinski definition) is 2. The molecule has 4 rings (SSSR count). The Bertz CT molecular complexity index is 1120. The molecule has 0 radical (unpaired) electrons. The van der Waals surface area contributed by atoms with E-state index in [-0.39, 0.29) is 21.8 Å². The summed E-state index contributed by atoms with van der Waals surface area (Å²) in [5, 5.41) is 4.38. The van der Waals surface area contributed by atoms with Gasteiger partial charge in [-0.05, 0) is 29.5 Å². The Kier molecular flexibility index (Phi) is 4.19. The molecule has 0 bridgehead atoms. The molecule has 1 aliphatic carbocycles. The number of nitrogens with zero attached hydrogens (tertiary/aromatic N) is 3. The molecular weight excluding hydrogens is 378 g/mol. The Morgan fingerprint density at radius 1 is 1.21 bits per heavy atom. The van der Waals surface area contributed by atoms with Gasteiger partial charge < -0.3 is 5.73 Å². The highest BCUT2D eigenvalue weighted by atomic mass is 35.5. The third kappa shape index (κ3) is 2.84. The second-order valence-corrected chi connectivity index (χ2v) is 7.70. The first-order valence-corrected chi connectivity index (χ1v) is 9.11. The summed E-state index contributed by atoms with van der Waals surface area (Å²) >= 11 is 6.03. The molecule has 0 aliphatic heterocycles. The van der Waals surface area contributed by atoms with E-state index in [2.05, 4.69) is 29.4 Å². The van der Waals surface area contributed by atoms with Gasteiger partial charge in [0.25, 0.3) is 11.8 Å². The largest absolute Gasteiger partial charge is 0.364 e. The number of primary amides is 1. The van der Waals surface area contributed by atoms with Crippen LogP contribution in [0.15, 0.2) is 42.6 Å². The van der Waals surface area contributed by atoms with Gasteiger partial charge in [0.1, 0.15) is 5.15 Å². The fourth-order valence-electron chi connectivity index (χ4n) is 3.70. The number of carbonyl (C=O) groups is 2. The van der Waals surface area contributed by atoms with E-state index in [9.17, 15) is 9.59 Å². The molecule has 2 heterocycles. The van der Waals surface area contributed by atoms with Gasteiger partial charge in [-0.15, -0.1) is 5.10 Å². The fraction of sp³-hybridized carbons (Fsp3) is 0.200. The smallest absolute Gasteiger partial charge is 0.274 e. The lowest BCUT2D eigenvalue weighted by Crippen LogP contribution is -2.29. The minimum atomic E-state index is -0.640. The van der Waals surface area contributed by atoms with Crippen molar-refractivity contribution in [1.82, 2.24) is 14.9 Å². The lowest BCUT2D eigenvalue weighted by atomic mass is 9.71. The Labute approximate surface area is 166 Å². The molecule has 142 valence electrons. The van der Waals surface area contributed by atoms with Crippen molar-refractivity contribution < 1.29 is 9.59 Å². The first-order valence-electron chi connectivity index (χ1n) is 8.73. The van der Waals surface area contributed by atoms with Crippen LogP contribution in [-0.2, 0) is 11.8 Å². The van der Waals surface area contributed by atoms with E-state index in [0.717, 1.165) is 11.1 Å². The molecule has 8 heteroatoms. The minimum Gasteiger partial charge on any atom is -0.364 e. The first kappa shape index (κ1) is 18.2. The number of pyridine rings is 1. The molecule has 2 amide bonds.